The van der Waals surface area contributed by atoms with E-state index in [-0.39, 0.29) is 11.8 Å². The van der Waals surface area contributed by atoms with E-state index in [9.17, 15) is 4.79 Å². The van der Waals surface area contributed by atoms with Gasteiger partial charge in [0.1, 0.15) is 0 Å². The summed E-state index contributed by atoms with van der Waals surface area (Å²) in [6, 6.07) is 22.9. The van der Waals surface area contributed by atoms with Crippen LogP contribution in [0.3, 0.4) is 0 Å². The van der Waals surface area contributed by atoms with Crippen LogP contribution in [0.25, 0.3) is 11.3 Å². The lowest BCUT2D eigenvalue weighted by Gasteiger charge is -2.18. The molecule has 2 aromatic heterocycles. The standard InChI is InChI=1S/C26H25N7O/c1-33-18-22(16-29-33)24-11-12-25(32-31-24)30-26(34)23(21-5-3-2-4-6-21)17-28-14-13-19-7-9-20(15-27)10-8-19/h2-12,16,18,23,28H,13-14,17H2,1H3,(H,30,32,34). The van der Waals surface area contributed by atoms with Crippen molar-refractivity contribution in [3.63, 3.8) is 0 Å². The second-order valence-electron chi connectivity index (χ2n) is 7.92. The summed E-state index contributed by atoms with van der Waals surface area (Å²) in [5.74, 6) is -0.140. The molecule has 2 N–H and O–H groups in total. The van der Waals surface area contributed by atoms with Crippen molar-refractivity contribution >= 4 is 11.7 Å². The molecule has 0 saturated carbocycles. The fraction of sp³-hybridized carbons (Fsp3) is 0.192. The van der Waals surface area contributed by atoms with Crippen molar-refractivity contribution < 1.29 is 4.79 Å². The minimum absolute atomic E-state index is 0.152. The predicted molar refractivity (Wildman–Crippen MR) is 130 cm³/mol. The summed E-state index contributed by atoms with van der Waals surface area (Å²) in [7, 11) is 1.84. The van der Waals surface area contributed by atoms with Crippen LogP contribution < -0.4 is 10.6 Å². The van der Waals surface area contributed by atoms with Crippen LogP contribution in [0.5, 0.6) is 0 Å². The van der Waals surface area contributed by atoms with Gasteiger partial charge in [-0.1, -0.05) is 42.5 Å². The zero-order valence-electron chi connectivity index (χ0n) is 18.8. The number of aromatic nitrogens is 4. The number of hydrogen-bond acceptors (Lipinski definition) is 6. The van der Waals surface area contributed by atoms with Crippen LogP contribution in [-0.4, -0.2) is 39.0 Å². The maximum absolute atomic E-state index is 13.1. The molecular weight excluding hydrogens is 426 g/mol. The van der Waals surface area contributed by atoms with E-state index < -0.39 is 0 Å². The normalized spacial score (nSPS) is 11.5. The molecule has 8 nitrogen and oxygen atoms in total. The van der Waals surface area contributed by atoms with Crippen LogP contribution in [0, 0.1) is 11.3 Å². The molecule has 0 saturated heterocycles. The Morgan fingerprint density at radius 1 is 1.06 bits per heavy atom. The molecule has 0 aliphatic rings. The van der Waals surface area contributed by atoms with Crippen LogP contribution in [0.1, 0.15) is 22.6 Å². The molecule has 1 amide bonds. The molecule has 34 heavy (non-hydrogen) atoms. The lowest BCUT2D eigenvalue weighted by molar-refractivity contribution is -0.117. The second kappa shape index (κ2) is 11.0. The number of hydrogen-bond donors (Lipinski definition) is 2. The second-order valence-corrected chi connectivity index (χ2v) is 7.92. The highest BCUT2D eigenvalue weighted by Gasteiger charge is 2.21. The Morgan fingerprint density at radius 2 is 1.85 bits per heavy atom. The van der Waals surface area contributed by atoms with Crippen molar-refractivity contribution in [3.05, 3.63) is 95.8 Å². The number of anilines is 1. The highest BCUT2D eigenvalue weighted by Crippen LogP contribution is 2.19. The Labute approximate surface area is 198 Å². The number of nitrogens with zero attached hydrogens (tertiary/aromatic N) is 5. The number of nitriles is 1. The summed E-state index contributed by atoms with van der Waals surface area (Å²) in [6.07, 6.45) is 4.38. The molecular formula is C26H25N7O. The van der Waals surface area contributed by atoms with E-state index in [1.54, 1.807) is 16.9 Å². The SMILES string of the molecule is Cn1cc(-c2ccc(NC(=O)C(CNCCc3ccc(C#N)cc3)c3ccccc3)nn2)cn1. The van der Waals surface area contributed by atoms with E-state index in [0.717, 1.165) is 23.1 Å². The third kappa shape index (κ3) is 5.91. The van der Waals surface area contributed by atoms with Gasteiger partial charge in [-0.25, -0.2) is 0 Å². The van der Waals surface area contributed by atoms with E-state index in [2.05, 4.69) is 32.0 Å². The fourth-order valence-corrected chi connectivity index (χ4v) is 3.59. The first-order valence-electron chi connectivity index (χ1n) is 11.0. The molecule has 8 heteroatoms. The van der Waals surface area contributed by atoms with Gasteiger partial charge in [0.15, 0.2) is 5.82 Å². The number of amides is 1. The third-order valence-corrected chi connectivity index (χ3v) is 5.46. The lowest BCUT2D eigenvalue weighted by atomic mass is 9.98. The maximum atomic E-state index is 13.1. The van der Waals surface area contributed by atoms with E-state index in [0.29, 0.717) is 30.2 Å². The minimum Gasteiger partial charge on any atom is -0.315 e. The summed E-state index contributed by atoms with van der Waals surface area (Å²) >= 11 is 0. The minimum atomic E-state index is -0.387. The molecule has 4 aromatic rings. The molecule has 2 heterocycles. The summed E-state index contributed by atoms with van der Waals surface area (Å²) in [4.78, 5) is 13.1. The van der Waals surface area contributed by atoms with Gasteiger partial charge >= 0.3 is 0 Å². The molecule has 0 bridgehead atoms. The fourth-order valence-electron chi connectivity index (χ4n) is 3.59. The highest BCUT2D eigenvalue weighted by atomic mass is 16.2. The first kappa shape index (κ1) is 22.8. The average molecular weight is 452 g/mol. The Morgan fingerprint density at radius 3 is 2.50 bits per heavy atom. The van der Waals surface area contributed by atoms with E-state index in [1.165, 1.54) is 0 Å². The molecule has 2 aromatic carbocycles. The molecule has 0 aliphatic heterocycles. The zero-order valence-corrected chi connectivity index (χ0v) is 18.8. The van der Waals surface area contributed by atoms with Gasteiger partial charge in [-0.3, -0.25) is 9.48 Å². The van der Waals surface area contributed by atoms with Crippen LogP contribution in [0.4, 0.5) is 5.82 Å². The van der Waals surface area contributed by atoms with Crippen molar-refractivity contribution in [1.29, 1.82) is 5.26 Å². The quantitative estimate of drug-likeness (QED) is 0.378. The summed E-state index contributed by atoms with van der Waals surface area (Å²) in [5, 5.41) is 27.7. The Bertz CT molecular complexity index is 1260. The third-order valence-electron chi connectivity index (χ3n) is 5.46. The van der Waals surface area contributed by atoms with E-state index >= 15 is 0 Å². The molecule has 1 unspecified atom stereocenters. The van der Waals surface area contributed by atoms with Crippen molar-refractivity contribution in [2.45, 2.75) is 12.3 Å². The number of aryl methyl sites for hydroxylation is 1. The van der Waals surface area contributed by atoms with Crippen molar-refractivity contribution in [2.24, 2.45) is 7.05 Å². The molecule has 0 aliphatic carbocycles. The topological polar surface area (TPSA) is 109 Å². The van der Waals surface area contributed by atoms with Gasteiger partial charge in [-0.2, -0.15) is 10.4 Å². The van der Waals surface area contributed by atoms with Crippen molar-refractivity contribution in [2.75, 3.05) is 18.4 Å². The molecule has 0 fully saturated rings. The molecule has 1 atom stereocenters. The predicted octanol–water partition coefficient (Wildman–Crippen LogP) is 3.30. The monoisotopic (exact) mass is 451 g/mol. The molecule has 0 radical (unpaired) electrons. The number of carbonyl (C=O) groups excluding carboxylic acids is 1. The smallest absolute Gasteiger partial charge is 0.234 e. The Kier molecular flexibility index (Phi) is 7.38. The maximum Gasteiger partial charge on any atom is 0.234 e. The Hall–Kier alpha value is -4.35. The number of nitrogens with one attached hydrogen (secondary N) is 2. The first-order chi connectivity index (χ1) is 16.6. The van der Waals surface area contributed by atoms with Gasteiger partial charge in [0.05, 0.1) is 29.4 Å². The van der Waals surface area contributed by atoms with Crippen LogP contribution in [-0.2, 0) is 18.3 Å². The number of rotatable bonds is 9. The highest BCUT2D eigenvalue weighted by molar-refractivity contribution is 5.95. The van der Waals surface area contributed by atoms with E-state index in [4.69, 9.17) is 5.26 Å². The van der Waals surface area contributed by atoms with Crippen LogP contribution >= 0.6 is 0 Å². The van der Waals surface area contributed by atoms with E-state index in [1.807, 2.05) is 73.9 Å². The van der Waals surface area contributed by atoms with Gasteiger partial charge in [0.25, 0.3) is 0 Å². The van der Waals surface area contributed by atoms with Crippen LogP contribution in [0.2, 0.25) is 0 Å². The molecule has 170 valence electrons. The summed E-state index contributed by atoms with van der Waals surface area (Å²) in [6.45, 7) is 1.19. The van der Waals surface area contributed by atoms with Crippen LogP contribution in [0.15, 0.2) is 79.1 Å². The first-order valence-corrected chi connectivity index (χ1v) is 11.0. The van der Waals surface area contributed by atoms with Gasteiger partial charge < -0.3 is 10.6 Å². The summed E-state index contributed by atoms with van der Waals surface area (Å²) < 4.78 is 1.70. The van der Waals surface area contributed by atoms with Crippen molar-refractivity contribution in [3.8, 4) is 17.3 Å². The largest absolute Gasteiger partial charge is 0.315 e. The van der Waals surface area contributed by atoms with Gasteiger partial charge in [0, 0.05) is 25.4 Å². The average Bonchev–Trinajstić information content (AvgIpc) is 3.31. The number of carbonyl (C=O) groups is 1. The van der Waals surface area contributed by atoms with Gasteiger partial charge in [-0.15, -0.1) is 10.2 Å². The zero-order chi connectivity index (χ0) is 23.8. The lowest BCUT2D eigenvalue weighted by Crippen LogP contribution is -2.32. The number of benzene rings is 2. The molecule has 4 rings (SSSR count). The molecule has 0 spiro atoms. The van der Waals surface area contributed by atoms with Gasteiger partial charge in [0.2, 0.25) is 5.91 Å². The summed E-state index contributed by atoms with van der Waals surface area (Å²) in [5.41, 5.74) is 4.26. The van der Waals surface area contributed by atoms with Gasteiger partial charge in [-0.05, 0) is 48.4 Å². The van der Waals surface area contributed by atoms with Crippen molar-refractivity contribution in [1.82, 2.24) is 25.3 Å². The Balaban J connectivity index is 1.38.